The summed E-state index contributed by atoms with van der Waals surface area (Å²) >= 11 is 5.86. The van der Waals surface area contributed by atoms with Gasteiger partial charge in [-0.3, -0.25) is 0 Å². The normalized spacial score (nSPS) is 15.0. The number of halogens is 1. The summed E-state index contributed by atoms with van der Waals surface area (Å²) in [6.45, 7) is 9.01. The second kappa shape index (κ2) is 5.35. The van der Waals surface area contributed by atoms with E-state index < -0.39 is 0 Å². The highest BCUT2D eigenvalue weighted by atomic mass is 35.5. The van der Waals surface area contributed by atoms with Gasteiger partial charge in [0.2, 0.25) is 5.89 Å². The molecule has 0 N–H and O–H groups in total. The molecular weight excluding hydrogens is 214 g/mol. The summed E-state index contributed by atoms with van der Waals surface area (Å²) in [5, 5.41) is 7.68. The lowest BCUT2D eigenvalue weighted by Crippen LogP contribution is -2.32. The summed E-state index contributed by atoms with van der Waals surface area (Å²) in [7, 11) is 0. The smallest absolute Gasteiger partial charge is 0.318 e. The molecule has 1 rings (SSSR count). The number of alkyl halides is 1. The van der Waals surface area contributed by atoms with Crippen molar-refractivity contribution in [3.8, 4) is 0 Å². The molecule has 0 bridgehead atoms. The summed E-state index contributed by atoms with van der Waals surface area (Å²) in [6, 6.07) is 0.961. The van der Waals surface area contributed by atoms with Crippen LogP contribution in [0.4, 0.5) is 6.01 Å². The van der Waals surface area contributed by atoms with Crippen LogP contribution in [0.5, 0.6) is 0 Å². The van der Waals surface area contributed by atoms with Crippen LogP contribution in [0.3, 0.4) is 0 Å². The molecule has 0 aliphatic heterocycles. The van der Waals surface area contributed by atoms with Crippen molar-refractivity contribution in [2.45, 2.75) is 45.5 Å². The Bertz CT molecular complexity index is 301. The summed E-state index contributed by atoms with van der Waals surface area (Å²) in [4.78, 5) is 2.08. The van der Waals surface area contributed by atoms with Gasteiger partial charge in [-0.25, -0.2) is 0 Å². The minimum absolute atomic E-state index is 0.234. The zero-order valence-electron chi connectivity index (χ0n) is 9.70. The van der Waals surface area contributed by atoms with Crippen LogP contribution in [0.25, 0.3) is 0 Å². The summed E-state index contributed by atoms with van der Waals surface area (Å²) in [5.74, 6) is 0.480. The lowest BCUT2D eigenvalue weighted by atomic mass is 10.2. The number of aromatic nitrogens is 2. The van der Waals surface area contributed by atoms with Crippen molar-refractivity contribution in [3.63, 3.8) is 0 Å². The Balaban J connectivity index is 2.83. The van der Waals surface area contributed by atoms with Gasteiger partial charge in [-0.2, -0.15) is 0 Å². The minimum Gasteiger partial charge on any atom is -0.406 e. The molecule has 86 valence electrons. The van der Waals surface area contributed by atoms with Gasteiger partial charge < -0.3 is 9.32 Å². The lowest BCUT2D eigenvalue weighted by Gasteiger charge is -2.24. The van der Waals surface area contributed by atoms with Crippen LogP contribution in [-0.4, -0.2) is 22.8 Å². The van der Waals surface area contributed by atoms with E-state index in [1.54, 1.807) is 0 Å². The molecule has 1 aromatic heterocycles. The molecule has 0 aliphatic rings. The fourth-order valence-electron chi connectivity index (χ4n) is 1.36. The zero-order chi connectivity index (χ0) is 11.4. The average molecular weight is 232 g/mol. The van der Waals surface area contributed by atoms with Gasteiger partial charge in [-0.1, -0.05) is 12.0 Å². The summed E-state index contributed by atoms with van der Waals surface area (Å²) in [6.07, 6.45) is 1.04. The number of anilines is 1. The van der Waals surface area contributed by atoms with E-state index in [4.69, 9.17) is 16.0 Å². The SMILES string of the molecule is CCC(C)N(CC)c1nnc(C(C)Cl)o1. The van der Waals surface area contributed by atoms with Crippen LogP contribution < -0.4 is 4.90 Å². The van der Waals surface area contributed by atoms with Gasteiger partial charge in [0, 0.05) is 12.6 Å². The molecule has 0 radical (unpaired) electrons. The van der Waals surface area contributed by atoms with Crippen LogP contribution >= 0.6 is 11.6 Å². The molecule has 0 saturated heterocycles. The van der Waals surface area contributed by atoms with Crippen molar-refractivity contribution < 1.29 is 4.42 Å². The Morgan fingerprint density at radius 3 is 2.40 bits per heavy atom. The summed E-state index contributed by atoms with van der Waals surface area (Å²) < 4.78 is 5.49. The third-order valence-electron chi connectivity index (χ3n) is 2.48. The van der Waals surface area contributed by atoms with E-state index in [1.807, 2.05) is 6.92 Å². The third-order valence-corrected chi connectivity index (χ3v) is 2.67. The minimum atomic E-state index is -0.234. The van der Waals surface area contributed by atoms with Crippen LogP contribution in [0.1, 0.15) is 45.4 Å². The third kappa shape index (κ3) is 2.84. The van der Waals surface area contributed by atoms with E-state index in [0.717, 1.165) is 13.0 Å². The molecule has 0 aromatic carbocycles. The van der Waals surface area contributed by atoms with E-state index in [2.05, 4.69) is 35.9 Å². The molecule has 2 unspecified atom stereocenters. The van der Waals surface area contributed by atoms with Gasteiger partial charge in [-0.15, -0.1) is 16.7 Å². The van der Waals surface area contributed by atoms with Gasteiger partial charge in [0.15, 0.2) is 0 Å². The van der Waals surface area contributed by atoms with Crippen molar-refractivity contribution in [3.05, 3.63) is 5.89 Å². The van der Waals surface area contributed by atoms with E-state index in [-0.39, 0.29) is 5.38 Å². The number of rotatable bonds is 5. The van der Waals surface area contributed by atoms with E-state index in [9.17, 15) is 0 Å². The van der Waals surface area contributed by atoms with Gasteiger partial charge in [0.05, 0.1) is 0 Å². The first kappa shape index (κ1) is 12.3. The molecule has 0 fully saturated rings. The molecule has 0 amide bonds. The molecule has 0 aliphatic carbocycles. The molecule has 2 atom stereocenters. The maximum atomic E-state index is 5.86. The van der Waals surface area contributed by atoms with Crippen molar-refractivity contribution in [1.82, 2.24) is 10.2 Å². The monoisotopic (exact) mass is 231 g/mol. The number of hydrogen-bond donors (Lipinski definition) is 0. The van der Waals surface area contributed by atoms with Gasteiger partial charge in [-0.05, 0) is 27.2 Å². The van der Waals surface area contributed by atoms with Gasteiger partial charge >= 0.3 is 6.01 Å². The molecule has 1 aromatic rings. The Labute approximate surface area is 95.6 Å². The second-order valence-electron chi connectivity index (χ2n) is 3.58. The van der Waals surface area contributed by atoms with Crippen LogP contribution in [-0.2, 0) is 0 Å². The largest absolute Gasteiger partial charge is 0.406 e. The van der Waals surface area contributed by atoms with Crippen molar-refractivity contribution in [2.75, 3.05) is 11.4 Å². The number of nitrogens with zero attached hydrogens (tertiary/aromatic N) is 3. The van der Waals surface area contributed by atoms with Gasteiger partial charge in [0.25, 0.3) is 0 Å². The predicted molar refractivity (Wildman–Crippen MR) is 61.3 cm³/mol. The Hall–Kier alpha value is -0.770. The first-order valence-electron chi connectivity index (χ1n) is 5.34. The fraction of sp³-hybridized carbons (Fsp3) is 0.800. The van der Waals surface area contributed by atoms with Crippen LogP contribution in [0.2, 0.25) is 0 Å². The highest BCUT2D eigenvalue weighted by Gasteiger charge is 2.19. The lowest BCUT2D eigenvalue weighted by molar-refractivity contribution is 0.465. The van der Waals surface area contributed by atoms with Crippen molar-refractivity contribution >= 4 is 17.6 Å². The van der Waals surface area contributed by atoms with Crippen molar-refractivity contribution in [2.24, 2.45) is 0 Å². The highest BCUT2D eigenvalue weighted by molar-refractivity contribution is 6.20. The van der Waals surface area contributed by atoms with E-state index in [1.165, 1.54) is 0 Å². The second-order valence-corrected chi connectivity index (χ2v) is 4.24. The molecule has 15 heavy (non-hydrogen) atoms. The molecule has 5 heteroatoms. The highest BCUT2D eigenvalue weighted by Crippen LogP contribution is 2.22. The predicted octanol–water partition coefficient (Wildman–Crippen LogP) is 2.99. The first-order valence-corrected chi connectivity index (χ1v) is 5.77. The Morgan fingerprint density at radius 2 is 2.00 bits per heavy atom. The van der Waals surface area contributed by atoms with E-state index in [0.29, 0.717) is 17.9 Å². The molecule has 1 heterocycles. The van der Waals surface area contributed by atoms with Crippen molar-refractivity contribution in [1.29, 1.82) is 0 Å². The summed E-state index contributed by atoms with van der Waals surface area (Å²) in [5.41, 5.74) is 0. The first-order chi connectivity index (χ1) is 7.10. The molecule has 0 saturated carbocycles. The topological polar surface area (TPSA) is 42.2 Å². The molecule has 4 nitrogen and oxygen atoms in total. The average Bonchev–Trinajstić information content (AvgIpc) is 2.68. The maximum Gasteiger partial charge on any atom is 0.318 e. The Kier molecular flexibility index (Phi) is 4.39. The van der Waals surface area contributed by atoms with E-state index >= 15 is 0 Å². The van der Waals surface area contributed by atoms with Crippen LogP contribution in [0, 0.1) is 0 Å². The zero-order valence-corrected chi connectivity index (χ0v) is 10.5. The molecular formula is C10H18ClN3O. The standard InChI is InChI=1S/C10H18ClN3O/c1-5-7(3)14(6-2)10-13-12-9(15-10)8(4)11/h7-8H,5-6H2,1-4H3. The van der Waals surface area contributed by atoms with Gasteiger partial charge in [0.1, 0.15) is 5.38 Å². The fourth-order valence-corrected chi connectivity index (χ4v) is 1.45. The Morgan fingerprint density at radius 1 is 1.33 bits per heavy atom. The number of hydrogen-bond acceptors (Lipinski definition) is 4. The molecule has 0 spiro atoms. The quantitative estimate of drug-likeness (QED) is 0.731. The maximum absolute atomic E-state index is 5.86. The van der Waals surface area contributed by atoms with Crippen LogP contribution in [0.15, 0.2) is 4.42 Å².